The SMILES string of the molecule is COP(=O)(CC1C(C(C)=O)C1(C)C)OC. The first-order chi connectivity index (χ1) is 6.78. The van der Waals surface area contributed by atoms with Crippen molar-refractivity contribution < 1.29 is 18.4 Å². The van der Waals surface area contributed by atoms with Crippen LogP contribution < -0.4 is 0 Å². The van der Waals surface area contributed by atoms with Crippen molar-refractivity contribution in [1.82, 2.24) is 0 Å². The lowest BCUT2D eigenvalue weighted by Gasteiger charge is -2.13. The van der Waals surface area contributed by atoms with Gasteiger partial charge >= 0.3 is 7.60 Å². The fourth-order valence-corrected chi connectivity index (χ4v) is 3.97. The lowest BCUT2D eigenvalue weighted by atomic mass is 10.1. The van der Waals surface area contributed by atoms with Crippen molar-refractivity contribution >= 4 is 13.4 Å². The van der Waals surface area contributed by atoms with Gasteiger partial charge in [0.1, 0.15) is 5.78 Å². The standard InChI is InChI=1S/C10H19O4P/c1-7(11)9-8(10(9,2)3)6-15(12,13-4)14-5/h8-9H,6H2,1-5H3. The Morgan fingerprint density at radius 2 is 1.80 bits per heavy atom. The minimum absolute atomic E-state index is 0.00359. The van der Waals surface area contributed by atoms with Crippen molar-refractivity contribution in [2.45, 2.75) is 20.8 Å². The highest BCUT2D eigenvalue weighted by Gasteiger charge is 2.61. The Hall–Kier alpha value is -0.180. The molecule has 0 N–H and O–H groups in total. The Morgan fingerprint density at radius 3 is 2.07 bits per heavy atom. The Kier molecular flexibility index (Phi) is 3.44. The Labute approximate surface area is 90.9 Å². The first kappa shape index (κ1) is 12.9. The van der Waals surface area contributed by atoms with Crippen molar-refractivity contribution in [3.05, 3.63) is 0 Å². The second kappa shape index (κ2) is 4.00. The van der Waals surface area contributed by atoms with Crippen LogP contribution in [0.4, 0.5) is 0 Å². The molecule has 0 bridgehead atoms. The number of hydrogen-bond donors (Lipinski definition) is 0. The predicted molar refractivity (Wildman–Crippen MR) is 57.9 cm³/mol. The zero-order valence-corrected chi connectivity index (χ0v) is 10.8. The van der Waals surface area contributed by atoms with E-state index in [-0.39, 0.29) is 23.0 Å². The van der Waals surface area contributed by atoms with Crippen LogP contribution in [0.2, 0.25) is 0 Å². The van der Waals surface area contributed by atoms with Crippen LogP contribution >= 0.6 is 7.60 Å². The third-order valence-corrected chi connectivity index (χ3v) is 5.42. The van der Waals surface area contributed by atoms with Gasteiger partial charge in [0.25, 0.3) is 0 Å². The monoisotopic (exact) mass is 234 g/mol. The molecule has 0 aromatic heterocycles. The number of carbonyl (C=O) groups excluding carboxylic acids is 1. The Balaban J connectivity index is 2.70. The van der Waals surface area contributed by atoms with Crippen molar-refractivity contribution in [1.29, 1.82) is 0 Å². The average molecular weight is 234 g/mol. The molecule has 2 unspecified atom stereocenters. The molecular formula is C10H19O4P. The van der Waals surface area contributed by atoms with Gasteiger partial charge in [0.15, 0.2) is 0 Å². The minimum atomic E-state index is -2.98. The van der Waals surface area contributed by atoms with E-state index in [2.05, 4.69) is 0 Å². The van der Waals surface area contributed by atoms with Crippen molar-refractivity contribution in [2.24, 2.45) is 17.3 Å². The molecule has 0 heterocycles. The molecule has 0 spiro atoms. The molecule has 0 aromatic carbocycles. The van der Waals surface area contributed by atoms with Crippen LogP contribution in [0.25, 0.3) is 0 Å². The summed E-state index contributed by atoms with van der Waals surface area (Å²) in [6.07, 6.45) is 0.331. The van der Waals surface area contributed by atoms with Gasteiger partial charge in [-0.3, -0.25) is 9.36 Å². The molecule has 15 heavy (non-hydrogen) atoms. The summed E-state index contributed by atoms with van der Waals surface area (Å²) in [5.41, 5.74) is -0.0709. The molecular weight excluding hydrogens is 215 g/mol. The highest BCUT2D eigenvalue weighted by atomic mass is 31.2. The zero-order valence-electron chi connectivity index (χ0n) is 9.94. The van der Waals surface area contributed by atoms with Crippen LogP contribution in [0.5, 0.6) is 0 Å². The lowest BCUT2D eigenvalue weighted by Crippen LogP contribution is -2.02. The minimum Gasteiger partial charge on any atom is -0.312 e. The molecule has 0 amide bonds. The van der Waals surface area contributed by atoms with Crippen molar-refractivity contribution in [3.8, 4) is 0 Å². The van der Waals surface area contributed by atoms with Gasteiger partial charge in [-0.25, -0.2) is 0 Å². The number of hydrogen-bond acceptors (Lipinski definition) is 4. The molecule has 0 aliphatic heterocycles. The van der Waals surface area contributed by atoms with E-state index >= 15 is 0 Å². The summed E-state index contributed by atoms with van der Waals surface area (Å²) in [6.45, 7) is 5.61. The molecule has 0 aromatic rings. The molecule has 0 saturated heterocycles. The van der Waals surface area contributed by atoms with Gasteiger partial charge < -0.3 is 9.05 Å². The summed E-state index contributed by atoms with van der Waals surface area (Å²) in [6, 6.07) is 0. The first-order valence-electron chi connectivity index (χ1n) is 4.99. The van der Waals surface area contributed by atoms with E-state index in [1.54, 1.807) is 6.92 Å². The zero-order chi connectivity index (χ0) is 11.9. The molecule has 1 rings (SSSR count). The van der Waals surface area contributed by atoms with Crippen LogP contribution in [0.15, 0.2) is 0 Å². The van der Waals surface area contributed by atoms with Gasteiger partial charge in [0, 0.05) is 20.1 Å². The van der Waals surface area contributed by atoms with Gasteiger partial charge in [-0.05, 0) is 18.3 Å². The summed E-state index contributed by atoms with van der Waals surface area (Å²) in [7, 11) is -0.229. The Bertz CT molecular complexity index is 303. The maximum absolute atomic E-state index is 11.9. The van der Waals surface area contributed by atoms with E-state index in [1.165, 1.54) is 14.2 Å². The molecule has 1 aliphatic rings. The number of carbonyl (C=O) groups is 1. The third-order valence-electron chi connectivity index (χ3n) is 3.47. The van der Waals surface area contributed by atoms with Gasteiger partial charge in [-0.1, -0.05) is 13.8 Å². The maximum Gasteiger partial charge on any atom is 0.330 e. The molecule has 1 saturated carbocycles. The summed E-state index contributed by atoms with van der Waals surface area (Å²) < 4.78 is 21.7. The summed E-state index contributed by atoms with van der Waals surface area (Å²) in [5.74, 6) is 0.264. The summed E-state index contributed by atoms with van der Waals surface area (Å²) in [5, 5.41) is 0. The van der Waals surface area contributed by atoms with E-state index in [0.29, 0.717) is 6.16 Å². The van der Waals surface area contributed by atoms with Crippen molar-refractivity contribution in [3.63, 3.8) is 0 Å². The Morgan fingerprint density at radius 1 is 1.33 bits per heavy atom. The molecule has 1 fully saturated rings. The highest BCUT2D eigenvalue weighted by molar-refractivity contribution is 7.53. The maximum atomic E-state index is 11.9. The third kappa shape index (κ3) is 2.32. The van der Waals surface area contributed by atoms with Crippen LogP contribution in [0.3, 0.4) is 0 Å². The van der Waals surface area contributed by atoms with Gasteiger partial charge in [0.05, 0.1) is 6.16 Å². The van der Waals surface area contributed by atoms with Crippen LogP contribution in [0.1, 0.15) is 20.8 Å². The second-order valence-electron chi connectivity index (χ2n) is 4.67. The molecule has 1 aliphatic carbocycles. The topological polar surface area (TPSA) is 52.6 Å². The predicted octanol–water partition coefficient (Wildman–Crippen LogP) is 2.33. The number of ketones is 1. The van der Waals surface area contributed by atoms with Crippen LogP contribution in [0, 0.1) is 17.3 Å². The van der Waals surface area contributed by atoms with Gasteiger partial charge in [0.2, 0.25) is 0 Å². The van der Waals surface area contributed by atoms with Crippen molar-refractivity contribution in [2.75, 3.05) is 20.4 Å². The molecule has 4 nitrogen and oxygen atoms in total. The fraction of sp³-hybridized carbons (Fsp3) is 0.900. The molecule has 0 radical (unpaired) electrons. The average Bonchev–Trinajstić information content (AvgIpc) is 2.68. The van der Waals surface area contributed by atoms with E-state index in [4.69, 9.17) is 9.05 Å². The highest BCUT2D eigenvalue weighted by Crippen LogP contribution is 2.65. The van der Waals surface area contributed by atoms with E-state index in [0.717, 1.165) is 0 Å². The lowest BCUT2D eigenvalue weighted by molar-refractivity contribution is -0.118. The number of Topliss-reactive ketones (excluding diaryl/α,β-unsaturated/α-hetero) is 1. The van der Waals surface area contributed by atoms with E-state index < -0.39 is 7.60 Å². The second-order valence-corrected chi connectivity index (χ2v) is 6.99. The first-order valence-corrected chi connectivity index (χ1v) is 6.72. The summed E-state index contributed by atoms with van der Waals surface area (Å²) >= 11 is 0. The van der Waals surface area contributed by atoms with E-state index in [1.807, 2.05) is 13.8 Å². The normalized spacial score (nSPS) is 28.9. The van der Waals surface area contributed by atoms with E-state index in [9.17, 15) is 9.36 Å². The van der Waals surface area contributed by atoms with Crippen LogP contribution in [-0.4, -0.2) is 26.2 Å². The quantitative estimate of drug-likeness (QED) is 0.685. The summed E-state index contributed by atoms with van der Waals surface area (Å²) in [4.78, 5) is 11.3. The van der Waals surface area contributed by atoms with Gasteiger partial charge in [-0.2, -0.15) is 0 Å². The molecule has 2 atom stereocenters. The molecule has 88 valence electrons. The largest absolute Gasteiger partial charge is 0.330 e. The smallest absolute Gasteiger partial charge is 0.312 e. The van der Waals surface area contributed by atoms with Gasteiger partial charge in [-0.15, -0.1) is 0 Å². The van der Waals surface area contributed by atoms with Crippen LogP contribution in [-0.2, 0) is 18.4 Å². The molecule has 5 heteroatoms. The fourth-order valence-electron chi connectivity index (χ4n) is 2.36. The number of rotatable bonds is 5.